The number of nitrogens with zero attached hydrogens (tertiary/aromatic N) is 3. The molecule has 0 amide bonds. The van der Waals surface area contributed by atoms with Crippen molar-refractivity contribution in [2.75, 3.05) is 0 Å². The average Bonchev–Trinajstić information content (AvgIpc) is 2.62. The number of carbonyl (C=O) groups is 1. The van der Waals surface area contributed by atoms with Gasteiger partial charge in [0.25, 0.3) is 0 Å². The lowest BCUT2D eigenvalue weighted by Gasteiger charge is -2.21. The van der Waals surface area contributed by atoms with E-state index in [1.165, 1.54) is 6.33 Å². The van der Waals surface area contributed by atoms with Crippen LogP contribution in [0, 0.1) is 0 Å². The van der Waals surface area contributed by atoms with Gasteiger partial charge in [-0.05, 0) is 27.7 Å². The first-order valence-electron chi connectivity index (χ1n) is 5.21. The zero-order chi connectivity index (χ0) is 12.3. The summed E-state index contributed by atoms with van der Waals surface area (Å²) in [6.07, 6.45) is 1.48. The van der Waals surface area contributed by atoms with Gasteiger partial charge in [-0.3, -0.25) is 10.1 Å². The first kappa shape index (κ1) is 12.6. The summed E-state index contributed by atoms with van der Waals surface area (Å²) in [7, 11) is 0. The van der Waals surface area contributed by atoms with Gasteiger partial charge in [0.2, 0.25) is 0 Å². The van der Waals surface area contributed by atoms with E-state index in [-0.39, 0.29) is 6.04 Å². The fourth-order valence-electron chi connectivity index (χ4n) is 1.21. The second-order valence-electron chi connectivity index (χ2n) is 4.50. The van der Waals surface area contributed by atoms with Crippen molar-refractivity contribution in [3.63, 3.8) is 0 Å². The summed E-state index contributed by atoms with van der Waals surface area (Å²) < 4.78 is 1.77. The molecule has 6 heteroatoms. The molecule has 0 atom stereocenters. The maximum Gasteiger partial charge on any atom is 0.323 e. The van der Waals surface area contributed by atoms with Gasteiger partial charge >= 0.3 is 5.97 Å². The summed E-state index contributed by atoms with van der Waals surface area (Å²) >= 11 is 0. The van der Waals surface area contributed by atoms with Crippen LogP contribution in [0.4, 0.5) is 0 Å². The molecule has 0 aromatic carbocycles. The molecule has 1 aromatic heterocycles. The smallest absolute Gasteiger partial charge is 0.323 e. The van der Waals surface area contributed by atoms with E-state index in [1.54, 1.807) is 18.5 Å². The molecule has 1 rings (SSSR count). The molecule has 0 saturated carbocycles. The number of nitrogens with one attached hydrogen (secondary N) is 1. The molecule has 0 aliphatic carbocycles. The van der Waals surface area contributed by atoms with Crippen LogP contribution in [-0.2, 0) is 11.3 Å². The largest absolute Gasteiger partial charge is 0.480 e. The summed E-state index contributed by atoms with van der Waals surface area (Å²) in [5.41, 5.74) is -0.965. The van der Waals surface area contributed by atoms with E-state index in [1.807, 2.05) is 13.8 Å². The summed E-state index contributed by atoms with van der Waals surface area (Å²) in [5.74, 6) is -0.146. The van der Waals surface area contributed by atoms with Crippen LogP contribution >= 0.6 is 0 Å². The number of aromatic nitrogens is 3. The lowest BCUT2D eigenvalue weighted by atomic mass is 10.1. The predicted molar refractivity (Wildman–Crippen MR) is 59.0 cm³/mol. The van der Waals surface area contributed by atoms with E-state index in [4.69, 9.17) is 5.11 Å². The Bertz CT molecular complexity index is 371. The third-order valence-corrected chi connectivity index (χ3v) is 2.36. The van der Waals surface area contributed by atoms with E-state index in [0.29, 0.717) is 6.54 Å². The van der Waals surface area contributed by atoms with Crippen LogP contribution in [0.5, 0.6) is 0 Å². The Kier molecular flexibility index (Phi) is 3.64. The van der Waals surface area contributed by atoms with Crippen molar-refractivity contribution in [1.29, 1.82) is 0 Å². The van der Waals surface area contributed by atoms with Crippen LogP contribution in [0.25, 0.3) is 0 Å². The summed E-state index contributed by atoms with van der Waals surface area (Å²) in [6, 6.07) is 0.215. The van der Waals surface area contributed by atoms with Gasteiger partial charge in [0.15, 0.2) is 0 Å². The Morgan fingerprint density at radius 3 is 2.75 bits per heavy atom. The lowest BCUT2D eigenvalue weighted by molar-refractivity contribution is -0.143. The second-order valence-corrected chi connectivity index (χ2v) is 4.50. The van der Waals surface area contributed by atoms with Gasteiger partial charge < -0.3 is 5.11 Å². The van der Waals surface area contributed by atoms with Gasteiger partial charge in [-0.2, -0.15) is 5.10 Å². The number of carboxylic acids is 1. The minimum atomic E-state index is -0.965. The highest BCUT2D eigenvalue weighted by molar-refractivity contribution is 5.77. The molecule has 1 heterocycles. The average molecular weight is 226 g/mol. The van der Waals surface area contributed by atoms with Crippen LogP contribution < -0.4 is 5.32 Å². The Hall–Kier alpha value is -1.43. The van der Waals surface area contributed by atoms with E-state index in [9.17, 15) is 4.79 Å². The van der Waals surface area contributed by atoms with Gasteiger partial charge in [-0.25, -0.2) is 9.67 Å². The van der Waals surface area contributed by atoms with Gasteiger partial charge in [0.1, 0.15) is 17.7 Å². The zero-order valence-electron chi connectivity index (χ0n) is 10.1. The molecule has 0 spiro atoms. The van der Waals surface area contributed by atoms with Crippen LogP contribution in [0.2, 0.25) is 0 Å². The van der Waals surface area contributed by atoms with Crippen molar-refractivity contribution in [3.8, 4) is 0 Å². The Morgan fingerprint density at radius 2 is 2.25 bits per heavy atom. The van der Waals surface area contributed by atoms with Crippen molar-refractivity contribution >= 4 is 5.97 Å². The third kappa shape index (κ3) is 2.79. The second kappa shape index (κ2) is 4.61. The molecule has 16 heavy (non-hydrogen) atoms. The molecule has 1 aromatic rings. The summed E-state index contributed by atoms with van der Waals surface area (Å²) in [5, 5.41) is 16.0. The minimum Gasteiger partial charge on any atom is -0.480 e. The van der Waals surface area contributed by atoms with Crippen molar-refractivity contribution in [3.05, 3.63) is 12.2 Å². The Balaban J connectivity index is 2.68. The molecule has 0 radical (unpaired) electrons. The fraction of sp³-hybridized carbons (Fsp3) is 0.700. The molecule has 0 bridgehead atoms. The molecule has 0 aliphatic heterocycles. The molecule has 0 fully saturated rings. The minimum absolute atomic E-state index is 0.215. The van der Waals surface area contributed by atoms with E-state index in [2.05, 4.69) is 15.4 Å². The molecular formula is C10H18N4O2. The Labute approximate surface area is 94.7 Å². The molecule has 0 saturated heterocycles. The van der Waals surface area contributed by atoms with Crippen molar-refractivity contribution in [1.82, 2.24) is 20.1 Å². The van der Waals surface area contributed by atoms with Crippen molar-refractivity contribution in [2.24, 2.45) is 0 Å². The maximum absolute atomic E-state index is 10.9. The zero-order valence-corrected chi connectivity index (χ0v) is 10.1. The fourth-order valence-corrected chi connectivity index (χ4v) is 1.21. The van der Waals surface area contributed by atoms with Crippen molar-refractivity contribution in [2.45, 2.75) is 45.8 Å². The number of hydrogen-bond acceptors (Lipinski definition) is 4. The number of hydrogen-bond donors (Lipinski definition) is 2. The topological polar surface area (TPSA) is 80.0 Å². The number of carboxylic acid groups (broad SMARTS) is 1. The van der Waals surface area contributed by atoms with Crippen LogP contribution in [0.15, 0.2) is 6.33 Å². The molecular weight excluding hydrogens is 208 g/mol. The highest BCUT2D eigenvalue weighted by Crippen LogP contribution is 2.07. The van der Waals surface area contributed by atoms with E-state index < -0.39 is 11.5 Å². The standard InChI is InChI=1S/C10H18N4O2/c1-7(2)14-8(11-6-13-14)5-12-10(3,4)9(15)16/h6-7,12H,5H2,1-4H3,(H,15,16). The molecule has 2 N–H and O–H groups in total. The summed E-state index contributed by atoms with van der Waals surface area (Å²) in [4.78, 5) is 15.0. The monoisotopic (exact) mass is 226 g/mol. The molecule has 0 unspecified atom stereocenters. The SMILES string of the molecule is CC(C)n1ncnc1CNC(C)(C)C(=O)O. The van der Waals surface area contributed by atoms with Gasteiger partial charge in [-0.15, -0.1) is 0 Å². The van der Waals surface area contributed by atoms with Gasteiger partial charge in [-0.1, -0.05) is 0 Å². The highest BCUT2D eigenvalue weighted by Gasteiger charge is 2.26. The highest BCUT2D eigenvalue weighted by atomic mass is 16.4. The van der Waals surface area contributed by atoms with Gasteiger partial charge in [0.05, 0.1) is 6.54 Å². The van der Waals surface area contributed by atoms with Crippen molar-refractivity contribution < 1.29 is 9.90 Å². The molecule has 0 aliphatic rings. The Morgan fingerprint density at radius 1 is 1.62 bits per heavy atom. The first-order chi connectivity index (χ1) is 7.34. The van der Waals surface area contributed by atoms with Crippen LogP contribution in [0.3, 0.4) is 0 Å². The predicted octanol–water partition coefficient (Wildman–Crippen LogP) is 0.812. The van der Waals surface area contributed by atoms with Crippen LogP contribution in [-0.4, -0.2) is 31.4 Å². The lowest BCUT2D eigenvalue weighted by Crippen LogP contribution is -2.46. The first-order valence-corrected chi connectivity index (χ1v) is 5.21. The van der Waals surface area contributed by atoms with E-state index >= 15 is 0 Å². The van der Waals surface area contributed by atoms with Crippen LogP contribution in [0.1, 0.15) is 39.6 Å². The number of rotatable bonds is 5. The molecule has 6 nitrogen and oxygen atoms in total. The normalized spacial score (nSPS) is 12.1. The summed E-state index contributed by atoms with van der Waals surface area (Å²) in [6.45, 7) is 7.62. The molecule has 90 valence electrons. The third-order valence-electron chi connectivity index (χ3n) is 2.36. The number of aliphatic carboxylic acids is 1. The quantitative estimate of drug-likeness (QED) is 0.776. The van der Waals surface area contributed by atoms with Gasteiger partial charge in [0, 0.05) is 6.04 Å². The van der Waals surface area contributed by atoms with E-state index in [0.717, 1.165) is 5.82 Å². The maximum atomic E-state index is 10.9.